The quantitative estimate of drug-likeness (QED) is 0.493. The van der Waals surface area contributed by atoms with E-state index >= 15 is 0 Å². The van der Waals surface area contributed by atoms with Crippen LogP contribution < -0.4 is 0 Å². The molecule has 1 amide bonds. The number of rotatable bonds is 3. The molecule has 1 fully saturated rings. The Kier molecular flexibility index (Phi) is 5.56. The number of aromatic hydroxyl groups is 1. The topological polar surface area (TPSA) is 90.2 Å². The Morgan fingerprint density at radius 2 is 2.00 bits per heavy atom. The summed E-state index contributed by atoms with van der Waals surface area (Å²) in [6.45, 7) is 1.78. The van der Waals surface area contributed by atoms with E-state index in [9.17, 15) is 14.7 Å². The molecule has 2 N–H and O–H groups in total. The highest BCUT2D eigenvalue weighted by Crippen LogP contribution is 2.34. The predicted molar refractivity (Wildman–Crippen MR) is 114 cm³/mol. The molecule has 138 valence electrons. The zero-order chi connectivity index (χ0) is 19.7. The molecular weight excluding hydrogens is 479 g/mol. The number of nitrogens with zero attached hydrogens (tertiary/aromatic N) is 2. The molecule has 2 aromatic rings. The molecule has 2 aromatic carbocycles. The summed E-state index contributed by atoms with van der Waals surface area (Å²) in [6, 6.07) is 9.80. The molecule has 6 nitrogen and oxygen atoms in total. The molecule has 1 aliphatic heterocycles. The standard InChI is InChI=1S/C19H15IN2O4S/c1-10-7-12(18(25)26)4-5-14(10)21-19-22(2)17(24)16(27-19)9-11-3-6-15(23)13(20)8-11/h3-9,23H,1-2H3,(H,25,26)/b16-9-,21-19?. The van der Waals surface area contributed by atoms with Crippen LogP contribution in [0.5, 0.6) is 5.75 Å². The Balaban J connectivity index is 1.91. The number of aryl methyl sites for hydroxylation is 1. The van der Waals surface area contributed by atoms with Crippen LogP contribution in [0.25, 0.3) is 6.08 Å². The second-order valence-electron chi connectivity index (χ2n) is 5.89. The van der Waals surface area contributed by atoms with Crippen LogP contribution in [0.1, 0.15) is 21.5 Å². The summed E-state index contributed by atoms with van der Waals surface area (Å²) < 4.78 is 0.703. The van der Waals surface area contributed by atoms with Crippen LogP contribution in [-0.2, 0) is 4.79 Å². The molecule has 0 atom stereocenters. The van der Waals surface area contributed by atoms with Gasteiger partial charge in [-0.25, -0.2) is 9.79 Å². The molecule has 0 aromatic heterocycles. The maximum absolute atomic E-state index is 12.5. The third-order valence-corrected chi connectivity index (χ3v) is 5.86. The fraction of sp³-hybridized carbons (Fsp3) is 0.105. The summed E-state index contributed by atoms with van der Waals surface area (Å²) in [6.07, 6.45) is 1.76. The molecule has 1 aliphatic rings. The zero-order valence-corrected chi connectivity index (χ0v) is 17.4. The van der Waals surface area contributed by atoms with Crippen molar-refractivity contribution in [1.82, 2.24) is 4.90 Å². The number of carbonyl (C=O) groups excluding carboxylic acids is 1. The number of amidine groups is 1. The van der Waals surface area contributed by atoms with Gasteiger partial charge >= 0.3 is 5.97 Å². The van der Waals surface area contributed by atoms with Crippen molar-refractivity contribution in [3.05, 3.63) is 61.6 Å². The first kappa shape index (κ1) is 19.4. The molecule has 0 unspecified atom stereocenters. The fourth-order valence-corrected chi connectivity index (χ4v) is 3.95. The number of amides is 1. The lowest BCUT2D eigenvalue weighted by Gasteiger charge is -2.08. The lowest BCUT2D eigenvalue weighted by molar-refractivity contribution is -0.121. The van der Waals surface area contributed by atoms with Gasteiger partial charge in [-0.05, 0) is 88.8 Å². The van der Waals surface area contributed by atoms with E-state index in [1.54, 1.807) is 50.4 Å². The average molecular weight is 494 g/mol. The number of aromatic carboxylic acids is 1. The smallest absolute Gasteiger partial charge is 0.335 e. The number of phenolic OH excluding ortho intramolecular Hbond substituents is 1. The largest absolute Gasteiger partial charge is 0.507 e. The Morgan fingerprint density at radius 3 is 2.63 bits per heavy atom. The molecule has 0 spiro atoms. The summed E-state index contributed by atoms with van der Waals surface area (Å²) in [7, 11) is 1.65. The number of carboxylic acid groups (broad SMARTS) is 1. The van der Waals surface area contributed by atoms with Crippen molar-refractivity contribution >= 4 is 63.2 Å². The van der Waals surface area contributed by atoms with Crippen LogP contribution in [0.4, 0.5) is 5.69 Å². The van der Waals surface area contributed by atoms with E-state index in [4.69, 9.17) is 5.11 Å². The number of thioether (sulfide) groups is 1. The Labute approximate surface area is 173 Å². The minimum atomic E-state index is -0.992. The Bertz CT molecular complexity index is 1020. The van der Waals surface area contributed by atoms with E-state index in [-0.39, 0.29) is 17.2 Å². The zero-order valence-electron chi connectivity index (χ0n) is 14.4. The number of likely N-dealkylation sites (N-methyl/N-ethyl adjacent to an activating group) is 1. The molecular formula is C19H15IN2O4S. The van der Waals surface area contributed by atoms with E-state index in [0.29, 0.717) is 19.3 Å². The van der Waals surface area contributed by atoms with Crippen LogP contribution in [0.3, 0.4) is 0 Å². The first-order valence-electron chi connectivity index (χ1n) is 7.85. The molecule has 3 rings (SSSR count). The normalized spacial score (nSPS) is 17.1. The third-order valence-electron chi connectivity index (χ3n) is 3.93. The summed E-state index contributed by atoms with van der Waals surface area (Å²) >= 11 is 3.28. The SMILES string of the molecule is Cc1cc(C(=O)O)ccc1N=C1S/C(=C\c2ccc(O)c(I)c2)C(=O)N1C. The minimum Gasteiger partial charge on any atom is -0.507 e. The predicted octanol–water partition coefficient (Wildman–Crippen LogP) is 4.24. The van der Waals surface area contributed by atoms with Gasteiger partial charge in [0, 0.05) is 7.05 Å². The van der Waals surface area contributed by atoms with E-state index < -0.39 is 5.97 Å². The first-order valence-corrected chi connectivity index (χ1v) is 9.74. The summed E-state index contributed by atoms with van der Waals surface area (Å²) in [5.41, 5.74) is 2.34. The number of halogens is 1. The van der Waals surface area contributed by atoms with Crippen molar-refractivity contribution in [2.24, 2.45) is 4.99 Å². The van der Waals surface area contributed by atoms with Crippen LogP contribution >= 0.6 is 34.4 Å². The minimum absolute atomic E-state index is 0.165. The molecule has 1 saturated heterocycles. The van der Waals surface area contributed by atoms with Gasteiger partial charge < -0.3 is 10.2 Å². The number of aliphatic imine (C=N–C) groups is 1. The highest BCUT2D eigenvalue weighted by atomic mass is 127. The molecule has 0 bridgehead atoms. The number of carbonyl (C=O) groups is 2. The average Bonchev–Trinajstić information content (AvgIpc) is 2.87. The molecule has 8 heteroatoms. The highest BCUT2D eigenvalue weighted by Gasteiger charge is 2.30. The number of hydrogen-bond acceptors (Lipinski definition) is 5. The monoisotopic (exact) mass is 494 g/mol. The lowest BCUT2D eigenvalue weighted by atomic mass is 10.1. The van der Waals surface area contributed by atoms with Gasteiger partial charge in [0.15, 0.2) is 5.17 Å². The molecule has 27 heavy (non-hydrogen) atoms. The lowest BCUT2D eigenvalue weighted by Crippen LogP contribution is -2.23. The Morgan fingerprint density at radius 1 is 1.26 bits per heavy atom. The van der Waals surface area contributed by atoms with Crippen molar-refractivity contribution in [3.63, 3.8) is 0 Å². The van der Waals surface area contributed by atoms with Gasteiger partial charge in [0.2, 0.25) is 0 Å². The van der Waals surface area contributed by atoms with Gasteiger partial charge in [-0.1, -0.05) is 6.07 Å². The maximum Gasteiger partial charge on any atom is 0.335 e. The van der Waals surface area contributed by atoms with Crippen molar-refractivity contribution < 1.29 is 19.8 Å². The van der Waals surface area contributed by atoms with E-state index in [1.165, 1.54) is 22.7 Å². The van der Waals surface area contributed by atoms with Gasteiger partial charge in [-0.15, -0.1) is 0 Å². The van der Waals surface area contributed by atoms with Crippen molar-refractivity contribution in [1.29, 1.82) is 0 Å². The second-order valence-corrected chi connectivity index (χ2v) is 8.06. The second kappa shape index (κ2) is 7.73. The number of phenols is 1. The maximum atomic E-state index is 12.5. The van der Waals surface area contributed by atoms with E-state index in [2.05, 4.69) is 4.99 Å². The van der Waals surface area contributed by atoms with E-state index in [1.807, 2.05) is 22.6 Å². The first-order chi connectivity index (χ1) is 12.8. The third kappa shape index (κ3) is 4.16. The Hall–Kier alpha value is -2.33. The van der Waals surface area contributed by atoms with Crippen LogP contribution in [0.2, 0.25) is 0 Å². The summed E-state index contributed by atoms with van der Waals surface area (Å²) in [4.78, 5) is 30.1. The van der Waals surface area contributed by atoms with Gasteiger partial charge in [-0.2, -0.15) is 0 Å². The van der Waals surface area contributed by atoms with Gasteiger partial charge in [0.1, 0.15) is 5.75 Å². The highest BCUT2D eigenvalue weighted by molar-refractivity contribution is 14.1. The van der Waals surface area contributed by atoms with Gasteiger partial charge in [0.05, 0.1) is 19.7 Å². The number of carboxylic acids is 1. The van der Waals surface area contributed by atoms with Crippen LogP contribution in [0, 0.1) is 10.5 Å². The number of benzene rings is 2. The van der Waals surface area contributed by atoms with Gasteiger partial charge in [0.25, 0.3) is 5.91 Å². The van der Waals surface area contributed by atoms with Crippen LogP contribution in [-0.4, -0.2) is 39.2 Å². The van der Waals surface area contributed by atoms with Crippen LogP contribution in [0.15, 0.2) is 46.3 Å². The van der Waals surface area contributed by atoms with Crippen molar-refractivity contribution in [2.45, 2.75) is 6.92 Å². The molecule has 1 heterocycles. The van der Waals surface area contributed by atoms with E-state index in [0.717, 1.165) is 11.1 Å². The molecule has 0 saturated carbocycles. The molecule has 0 aliphatic carbocycles. The number of hydrogen-bond donors (Lipinski definition) is 2. The fourth-order valence-electron chi connectivity index (χ4n) is 2.43. The van der Waals surface area contributed by atoms with Crippen molar-refractivity contribution in [2.75, 3.05) is 7.05 Å². The van der Waals surface area contributed by atoms with Crippen molar-refractivity contribution in [3.8, 4) is 5.75 Å². The van der Waals surface area contributed by atoms with Gasteiger partial charge in [-0.3, -0.25) is 9.69 Å². The molecule has 0 radical (unpaired) electrons. The summed E-state index contributed by atoms with van der Waals surface area (Å²) in [5, 5.41) is 19.2. The summed E-state index contributed by atoms with van der Waals surface area (Å²) in [5.74, 6) is -0.960.